The fourth-order valence-corrected chi connectivity index (χ4v) is 5.13. The van der Waals surface area contributed by atoms with Gasteiger partial charge in [0.2, 0.25) is 0 Å². The average Bonchev–Trinajstić information content (AvgIpc) is 3.53. The molecule has 1 fully saturated rings. The Hall–Kier alpha value is -1.83. The minimum Gasteiger partial charge on any atom is -0.310 e. The third-order valence-electron chi connectivity index (χ3n) is 5.52. The smallest absolute Gasteiger partial charge is 0.255 e. The van der Waals surface area contributed by atoms with Crippen LogP contribution in [-0.2, 0) is 19.5 Å². The van der Waals surface area contributed by atoms with Crippen LogP contribution in [0.2, 0.25) is 0 Å². The van der Waals surface area contributed by atoms with Gasteiger partial charge in [-0.3, -0.25) is 14.7 Å². The molecule has 5 nitrogen and oxygen atoms in total. The van der Waals surface area contributed by atoms with E-state index in [4.69, 9.17) is 4.98 Å². The quantitative estimate of drug-likeness (QED) is 0.542. The largest absolute Gasteiger partial charge is 0.310 e. The molecule has 3 aromatic rings. The predicted molar refractivity (Wildman–Crippen MR) is 120 cm³/mol. The zero-order valence-electron chi connectivity index (χ0n) is 15.8. The molecular weight excluding hydrogens is 496 g/mol. The molecule has 7 heteroatoms. The number of halogens is 2. The van der Waals surface area contributed by atoms with E-state index in [1.165, 1.54) is 0 Å². The Morgan fingerprint density at radius 1 is 1.14 bits per heavy atom. The number of pyridine rings is 1. The maximum Gasteiger partial charge on any atom is 0.255 e. The number of aromatic amines is 1. The molecule has 0 amide bonds. The van der Waals surface area contributed by atoms with Gasteiger partial charge in [-0.2, -0.15) is 0 Å². The molecule has 0 saturated heterocycles. The second kappa shape index (κ2) is 7.78. The van der Waals surface area contributed by atoms with E-state index in [0.29, 0.717) is 12.5 Å². The Kier molecular flexibility index (Phi) is 5.14. The molecule has 29 heavy (non-hydrogen) atoms. The zero-order valence-corrected chi connectivity index (χ0v) is 19.0. The molecule has 0 atom stereocenters. The standard InChI is InChI=1S/C22H20Br2N4O/c23-16-7-15(8-17(24)9-16)19-4-1-13(10-25-19)11-28-6-5-20-18(12-28)22(29)27-21(26-20)14-2-3-14/h1,4,7-10,14H,2-3,5-6,11-12H2,(H,26,27,29). The van der Waals surface area contributed by atoms with Crippen LogP contribution in [0.4, 0.5) is 0 Å². The van der Waals surface area contributed by atoms with E-state index in [1.54, 1.807) is 0 Å². The van der Waals surface area contributed by atoms with Crippen LogP contribution in [0.15, 0.2) is 50.3 Å². The lowest BCUT2D eigenvalue weighted by Crippen LogP contribution is -2.35. The second-order valence-corrected chi connectivity index (χ2v) is 9.65. The monoisotopic (exact) mass is 514 g/mol. The first-order valence-electron chi connectivity index (χ1n) is 9.81. The van der Waals surface area contributed by atoms with Gasteiger partial charge in [-0.25, -0.2) is 4.98 Å². The van der Waals surface area contributed by atoms with Crippen molar-refractivity contribution >= 4 is 31.9 Å². The van der Waals surface area contributed by atoms with E-state index >= 15 is 0 Å². The summed E-state index contributed by atoms with van der Waals surface area (Å²) in [5, 5.41) is 0. The van der Waals surface area contributed by atoms with Crippen molar-refractivity contribution in [1.82, 2.24) is 19.9 Å². The number of H-pyrrole nitrogens is 1. The van der Waals surface area contributed by atoms with Crippen molar-refractivity contribution in [2.75, 3.05) is 6.54 Å². The van der Waals surface area contributed by atoms with Gasteiger partial charge in [0.25, 0.3) is 5.56 Å². The topological polar surface area (TPSA) is 61.9 Å². The molecule has 0 unspecified atom stereocenters. The number of rotatable bonds is 4. The van der Waals surface area contributed by atoms with Crippen LogP contribution in [0.1, 0.15) is 41.4 Å². The molecule has 0 radical (unpaired) electrons. The SMILES string of the molecule is O=c1[nH]c(C2CC2)nc2c1CN(Cc1ccc(-c3cc(Br)cc(Br)c3)nc1)CC2. The predicted octanol–water partition coefficient (Wildman–Crippen LogP) is 4.79. The molecule has 1 saturated carbocycles. The molecule has 1 aliphatic carbocycles. The molecule has 5 rings (SSSR count). The van der Waals surface area contributed by atoms with E-state index in [-0.39, 0.29) is 5.56 Å². The molecule has 0 spiro atoms. The van der Waals surface area contributed by atoms with Gasteiger partial charge < -0.3 is 4.98 Å². The van der Waals surface area contributed by atoms with E-state index in [1.807, 2.05) is 12.3 Å². The third-order valence-corrected chi connectivity index (χ3v) is 6.43. The average molecular weight is 516 g/mol. The molecule has 0 bridgehead atoms. The van der Waals surface area contributed by atoms with Crippen molar-refractivity contribution in [3.05, 3.63) is 78.5 Å². The van der Waals surface area contributed by atoms with E-state index < -0.39 is 0 Å². The summed E-state index contributed by atoms with van der Waals surface area (Å²) in [6.45, 7) is 2.33. The lowest BCUT2D eigenvalue weighted by Gasteiger charge is -2.27. The van der Waals surface area contributed by atoms with Crippen LogP contribution < -0.4 is 5.56 Å². The molecule has 2 aromatic heterocycles. The number of fused-ring (bicyclic) bond motifs is 1. The number of hydrogen-bond donors (Lipinski definition) is 1. The van der Waals surface area contributed by atoms with Crippen LogP contribution >= 0.6 is 31.9 Å². The van der Waals surface area contributed by atoms with Crippen LogP contribution in [0.5, 0.6) is 0 Å². The highest BCUT2D eigenvalue weighted by Gasteiger charge is 2.29. The molecular formula is C22H20Br2N4O. The lowest BCUT2D eigenvalue weighted by molar-refractivity contribution is 0.241. The van der Waals surface area contributed by atoms with Gasteiger partial charge in [0.1, 0.15) is 5.82 Å². The lowest BCUT2D eigenvalue weighted by atomic mass is 10.1. The maximum atomic E-state index is 12.5. The highest BCUT2D eigenvalue weighted by molar-refractivity contribution is 9.11. The normalized spacial score (nSPS) is 16.6. The molecule has 148 valence electrons. The highest BCUT2D eigenvalue weighted by atomic mass is 79.9. The Bertz CT molecular complexity index is 1100. The number of benzene rings is 1. The Morgan fingerprint density at radius 3 is 2.62 bits per heavy atom. The summed E-state index contributed by atoms with van der Waals surface area (Å²) in [6.07, 6.45) is 5.05. The van der Waals surface area contributed by atoms with Crippen molar-refractivity contribution in [1.29, 1.82) is 0 Å². The summed E-state index contributed by atoms with van der Waals surface area (Å²) in [5.41, 5.74) is 4.99. The van der Waals surface area contributed by atoms with E-state index in [0.717, 1.165) is 75.2 Å². The summed E-state index contributed by atoms with van der Waals surface area (Å²) in [6, 6.07) is 10.3. The summed E-state index contributed by atoms with van der Waals surface area (Å²) in [4.78, 5) is 27.2. The first-order valence-corrected chi connectivity index (χ1v) is 11.4. The van der Waals surface area contributed by atoms with Gasteiger partial charge in [0.05, 0.1) is 17.0 Å². The minimum atomic E-state index is 0.0373. The van der Waals surface area contributed by atoms with E-state index in [2.05, 4.69) is 71.0 Å². The summed E-state index contributed by atoms with van der Waals surface area (Å²) in [5.74, 6) is 1.36. The van der Waals surface area contributed by atoms with Gasteiger partial charge >= 0.3 is 0 Å². The Labute approximate surface area is 185 Å². The molecule has 1 N–H and O–H groups in total. The van der Waals surface area contributed by atoms with Crippen LogP contribution in [0.25, 0.3) is 11.3 Å². The number of nitrogens with one attached hydrogen (secondary N) is 1. The fourth-order valence-electron chi connectivity index (χ4n) is 3.83. The number of hydrogen-bond acceptors (Lipinski definition) is 4. The second-order valence-electron chi connectivity index (χ2n) is 7.82. The van der Waals surface area contributed by atoms with Gasteiger partial charge in [-0.1, -0.05) is 37.9 Å². The number of aromatic nitrogens is 3. The van der Waals surface area contributed by atoms with Gasteiger partial charge in [0, 0.05) is 52.7 Å². The Balaban J connectivity index is 1.30. The molecule has 3 heterocycles. The first kappa shape index (κ1) is 19.2. The van der Waals surface area contributed by atoms with Crippen molar-refractivity contribution < 1.29 is 0 Å². The maximum absolute atomic E-state index is 12.5. The van der Waals surface area contributed by atoms with Gasteiger partial charge in [0.15, 0.2) is 0 Å². The van der Waals surface area contributed by atoms with Crippen LogP contribution in [0, 0.1) is 0 Å². The first-order chi connectivity index (χ1) is 14.0. The number of nitrogens with zero attached hydrogens (tertiary/aromatic N) is 3. The minimum absolute atomic E-state index is 0.0373. The molecule has 1 aliphatic heterocycles. The highest BCUT2D eigenvalue weighted by Crippen LogP contribution is 2.37. The van der Waals surface area contributed by atoms with Gasteiger partial charge in [-0.15, -0.1) is 0 Å². The Morgan fingerprint density at radius 2 is 1.93 bits per heavy atom. The van der Waals surface area contributed by atoms with Crippen molar-refractivity contribution in [3.63, 3.8) is 0 Å². The fraction of sp³-hybridized carbons (Fsp3) is 0.318. The zero-order chi connectivity index (χ0) is 20.0. The molecule has 1 aromatic carbocycles. The van der Waals surface area contributed by atoms with Crippen molar-refractivity contribution in [3.8, 4) is 11.3 Å². The van der Waals surface area contributed by atoms with Crippen LogP contribution in [-0.4, -0.2) is 26.4 Å². The van der Waals surface area contributed by atoms with Crippen molar-refractivity contribution in [2.45, 2.75) is 38.3 Å². The summed E-state index contributed by atoms with van der Waals surface area (Å²) >= 11 is 7.06. The van der Waals surface area contributed by atoms with Crippen molar-refractivity contribution in [2.24, 2.45) is 0 Å². The summed E-state index contributed by atoms with van der Waals surface area (Å²) in [7, 11) is 0. The third kappa shape index (κ3) is 4.22. The molecule has 2 aliphatic rings. The van der Waals surface area contributed by atoms with Crippen LogP contribution in [0.3, 0.4) is 0 Å². The summed E-state index contributed by atoms with van der Waals surface area (Å²) < 4.78 is 2.03. The van der Waals surface area contributed by atoms with E-state index in [9.17, 15) is 4.79 Å². The van der Waals surface area contributed by atoms with Gasteiger partial charge in [-0.05, 0) is 42.7 Å².